The van der Waals surface area contributed by atoms with Gasteiger partial charge >= 0.3 is 5.97 Å². The maximum atomic E-state index is 13.7. The molecule has 0 aliphatic rings. The van der Waals surface area contributed by atoms with Gasteiger partial charge in [-0.3, -0.25) is 9.36 Å². The number of benzene rings is 2. The Balaban J connectivity index is 1.80. The average Bonchev–Trinajstić information content (AvgIpc) is 3.15. The molecule has 0 aliphatic heterocycles. The van der Waals surface area contributed by atoms with Gasteiger partial charge in [0.1, 0.15) is 16.7 Å². The highest BCUT2D eigenvalue weighted by atomic mass is 32.1. The van der Waals surface area contributed by atoms with Crippen LogP contribution < -0.4 is 5.56 Å². The van der Waals surface area contributed by atoms with E-state index in [2.05, 4.69) is 11.1 Å². The Morgan fingerprint density at radius 1 is 1.03 bits per heavy atom. The molecule has 2 aromatic carbocycles. The van der Waals surface area contributed by atoms with Crippen LogP contribution in [-0.2, 0) is 11.2 Å². The number of hydrogen-bond donors (Lipinski definition) is 1. The standard InChI is InChI=1S/C26H26N2O3S/c1-15-5-8-19(9-6-15)10-12-22(26(30)31)28-18(4)27-24-23(25(28)29)21(14-32-24)20-11-7-16(2)13-17(20)3/h5-9,11,13-14,22H,10,12H2,1-4H3,(H,30,31). The molecule has 32 heavy (non-hydrogen) atoms. The summed E-state index contributed by atoms with van der Waals surface area (Å²) in [4.78, 5) is 31.1. The van der Waals surface area contributed by atoms with Crippen molar-refractivity contribution in [3.63, 3.8) is 0 Å². The molecule has 0 spiro atoms. The van der Waals surface area contributed by atoms with Crippen molar-refractivity contribution in [2.75, 3.05) is 0 Å². The molecule has 4 rings (SSSR count). The first-order valence-electron chi connectivity index (χ1n) is 10.6. The van der Waals surface area contributed by atoms with Gasteiger partial charge in [0, 0.05) is 10.9 Å². The lowest BCUT2D eigenvalue weighted by Crippen LogP contribution is -2.32. The first-order valence-corrected chi connectivity index (χ1v) is 11.5. The van der Waals surface area contributed by atoms with E-state index < -0.39 is 12.0 Å². The summed E-state index contributed by atoms with van der Waals surface area (Å²) < 4.78 is 1.36. The monoisotopic (exact) mass is 446 g/mol. The van der Waals surface area contributed by atoms with Crippen LogP contribution in [0.4, 0.5) is 0 Å². The third kappa shape index (κ3) is 4.10. The molecule has 0 bridgehead atoms. The summed E-state index contributed by atoms with van der Waals surface area (Å²) >= 11 is 1.42. The van der Waals surface area contributed by atoms with Gasteiger partial charge in [0.2, 0.25) is 0 Å². The van der Waals surface area contributed by atoms with Crippen molar-refractivity contribution in [1.29, 1.82) is 0 Å². The number of aliphatic carboxylic acids is 1. The predicted octanol–water partition coefficient (Wildman–Crippen LogP) is 5.62. The summed E-state index contributed by atoms with van der Waals surface area (Å²) in [5, 5.41) is 12.4. The van der Waals surface area contributed by atoms with Crippen LogP contribution in [0.15, 0.2) is 52.6 Å². The lowest BCUT2D eigenvalue weighted by Gasteiger charge is -2.18. The van der Waals surface area contributed by atoms with E-state index in [0.717, 1.165) is 33.4 Å². The Labute approximate surface area is 191 Å². The largest absolute Gasteiger partial charge is 0.480 e. The number of rotatable bonds is 6. The van der Waals surface area contributed by atoms with Crippen molar-refractivity contribution in [3.8, 4) is 11.1 Å². The summed E-state index contributed by atoms with van der Waals surface area (Å²) in [7, 11) is 0. The Morgan fingerprint density at radius 3 is 2.38 bits per heavy atom. The molecule has 0 saturated heterocycles. The molecule has 0 radical (unpaired) electrons. The molecule has 5 nitrogen and oxygen atoms in total. The van der Waals surface area contributed by atoms with Crippen LogP contribution in [0.5, 0.6) is 0 Å². The van der Waals surface area contributed by atoms with Gasteiger partial charge in [-0.25, -0.2) is 9.78 Å². The molecule has 2 aromatic heterocycles. The van der Waals surface area contributed by atoms with Crippen LogP contribution in [-0.4, -0.2) is 20.6 Å². The topological polar surface area (TPSA) is 72.2 Å². The van der Waals surface area contributed by atoms with E-state index in [1.54, 1.807) is 6.92 Å². The van der Waals surface area contributed by atoms with Crippen LogP contribution in [0.2, 0.25) is 0 Å². The van der Waals surface area contributed by atoms with Gasteiger partial charge < -0.3 is 5.11 Å². The molecule has 0 amide bonds. The second-order valence-electron chi connectivity index (χ2n) is 8.36. The fraction of sp³-hybridized carbons (Fsp3) is 0.269. The first-order chi connectivity index (χ1) is 15.3. The third-order valence-corrected chi connectivity index (χ3v) is 6.78. The minimum Gasteiger partial charge on any atom is -0.480 e. The highest BCUT2D eigenvalue weighted by Gasteiger charge is 2.26. The normalized spacial score (nSPS) is 12.2. The fourth-order valence-electron chi connectivity index (χ4n) is 4.21. The first kappa shape index (κ1) is 22.0. The average molecular weight is 447 g/mol. The molecule has 4 aromatic rings. The summed E-state index contributed by atoms with van der Waals surface area (Å²) in [6, 6.07) is 13.2. The van der Waals surface area contributed by atoms with Crippen LogP contribution in [0.3, 0.4) is 0 Å². The van der Waals surface area contributed by atoms with E-state index in [1.165, 1.54) is 15.9 Å². The number of nitrogens with zero attached hydrogens (tertiary/aromatic N) is 2. The van der Waals surface area contributed by atoms with Crippen molar-refractivity contribution in [3.05, 3.63) is 86.3 Å². The van der Waals surface area contributed by atoms with Gasteiger partial charge in [-0.1, -0.05) is 53.6 Å². The van der Waals surface area contributed by atoms with Crippen LogP contribution >= 0.6 is 11.3 Å². The van der Waals surface area contributed by atoms with Crippen molar-refractivity contribution in [2.24, 2.45) is 0 Å². The quantitative estimate of drug-likeness (QED) is 0.417. The molecule has 2 heterocycles. The molecular weight excluding hydrogens is 420 g/mol. The molecule has 6 heteroatoms. The van der Waals surface area contributed by atoms with E-state index in [1.807, 2.05) is 62.5 Å². The van der Waals surface area contributed by atoms with Gasteiger partial charge in [-0.15, -0.1) is 11.3 Å². The Morgan fingerprint density at radius 2 is 1.72 bits per heavy atom. The number of aryl methyl sites for hydroxylation is 5. The predicted molar refractivity (Wildman–Crippen MR) is 130 cm³/mol. The zero-order valence-electron chi connectivity index (χ0n) is 18.7. The molecule has 0 fully saturated rings. The lowest BCUT2D eigenvalue weighted by molar-refractivity contribution is -0.141. The number of carboxylic acid groups (broad SMARTS) is 1. The molecule has 0 saturated carbocycles. The van der Waals surface area contributed by atoms with Crippen molar-refractivity contribution in [2.45, 2.75) is 46.6 Å². The molecule has 1 atom stereocenters. The van der Waals surface area contributed by atoms with E-state index in [9.17, 15) is 14.7 Å². The minimum absolute atomic E-state index is 0.292. The van der Waals surface area contributed by atoms with E-state index in [4.69, 9.17) is 0 Å². The summed E-state index contributed by atoms with van der Waals surface area (Å²) in [5.74, 6) is -0.598. The Bertz CT molecular complexity index is 1370. The van der Waals surface area contributed by atoms with Crippen molar-refractivity contribution < 1.29 is 9.90 Å². The summed E-state index contributed by atoms with van der Waals surface area (Å²) in [5.41, 5.74) is 5.93. The second-order valence-corrected chi connectivity index (χ2v) is 9.22. The number of fused-ring (bicyclic) bond motifs is 1. The van der Waals surface area contributed by atoms with Crippen molar-refractivity contribution in [1.82, 2.24) is 9.55 Å². The Kier molecular flexibility index (Phi) is 5.98. The van der Waals surface area contributed by atoms with Crippen LogP contribution in [0, 0.1) is 27.7 Å². The maximum absolute atomic E-state index is 13.7. The Hall–Kier alpha value is -3.25. The van der Waals surface area contributed by atoms with Gasteiger partial charge in [0.15, 0.2) is 0 Å². The highest BCUT2D eigenvalue weighted by molar-refractivity contribution is 7.17. The fourth-order valence-corrected chi connectivity index (χ4v) is 5.18. The summed E-state index contributed by atoms with van der Waals surface area (Å²) in [6.07, 6.45) is 0.879. The van der Waals surface area contributed by atoms with Crippen molar-refractivity contribution >= 4 is 27.5 Å². The van der Waals surface area contributed by atoms with Crippen LogP contribution in [0.1, 0.15) is 40.5 Å². The molecule has 164 valence electrons. The van der Waals surface area contributed by atoms with Gasteiger partial charge in [-0.2, -0.15) is 0 Å². The minimum atomic E-state index is -1.02. The smallest absolute Gasteiger partial charge is 0.326 e. The third-order valence-electron chi connectivity index (χ3n) is 5.91. The zero-order chi connectivity index (χ0) is 23.0. The SMILES string of the molecule is Cc1ccc(CCC(C(=O)O)n2c(C)nc3scc(-c4ccc(C)cc4C)c3c2=O)cc1. The molecular formula is C26H26N2O3S. The van der Waals surface area contributed by atoms with Crippen LogP contribution in [0.25, 0.3) is 21.3 Å². The zero-order valence-corrected chi connectivity index (χ0v) is 19.5. The number of hydrogen-bond acceptors (Lipinski definition) is 4. The lowest BCUT2D eigenvalue weighted by atomic mass is 9.99. The van der Waals surface area contributed by atoms with E-state index in [0.29, 0.717) is 28.9 Å². The molecule has 1 N–H and O–H groups in total. The number of carboxylic acids is 1. The number of thiophene rings is 1. The molecule has 0 aliphatic carbocycles. The second kappa shape index (κ2) is 8.71. The highest BCUT2D eigenvalue weighted by Crippen LogP contribution is 2.34. The van der Waals surface area contributed by atoms with Gasteiger partial charge in [0.25, 0.3) is 5.56 Å². The van der Waals surface area contributed by atoms with Gasteiger partial charge in [0.05, 0.1) is 5.39 Å². The van der Waals surface area contributed by atoms with E-state index in [-0.39, 0.29) is 5.56 Å². The number of aromatic nitrogens is 2. The summed E-state index contributed by atoms with van der Waals surface area (Å²) in [6.45, 7) is 7.78. The number of carbonyl (C=O) groups is 1. The molecule has 1 unspecified atom stereocenters. The van der Waals surface area contributed by atoms with Gasteiger partial charge in [-0.05, 0) is 57.2 Å². The maximum Gasteiger partial charge on any atom is 0.326 e. The van der Waals surface area contributed by atoms with E-state index >= 15 is 0 Å².